The van der Waals surface area contributed by atoms with Crippen LogP contribution in [0.25, 0.3) is 0 Å². The summed E-state index contributed by atoms with van der Waals surface area (Å²) in [6, 6.07) is 0. The molecule has 2 nitrogen and oxygen atoms in total. The first-order valence-electron chi connectivity index (χ1n) is 3.67. The molecule has 0 saturated carbocycles. The molecule has 0 aromatic rings. The van der Waals surface area contributed by atoms with E-state index in [1.54, 1.807) is 30.8 Å². The van der Waals surface area contributed by atoms with E-state index in [-0.39, 0.29) is 5.25 Å². The standard InChI is InChI=1S/C9H14O2S/c1-4-5-8(12-3)6-7(2)9(10)11/h4,6,8H,1,5H2,2-3H3,(H,10,11)/b7-6+. The molecule has 0 aromatic carbocycles. The third kappa shape index (κ3) is 4.23. The quantitative estimate of drug-likeness (QED) is 0.529. The lowest BCUT2D eigenvalue weighted by Gasteiger charge is -2.06. The number of allylic oxidation sites excluding steroid dienone is 1. The maximum Gasteiger partial charge on any atom is 0.330 e. The van der Waals surface area contributed by atoms with Gasteiger partial charge in [-0.05, 0) is 19.6 Å². The highest BCUT2D eigenvalue weighted by Crippen LogP contribution is 2.14. The van der Waals surface area contributed by atoms with Crippen LogP contribution >= 0.6 is 11.8 Å². The lowest BCUT2D eigenvalue weighted by Crippen LogP contribution is -2.02. The van der Waals surface area contributed by atoms with Gasteiger partial charge in [0.25, 0.3) is 0 Å². The maximum absolute atomic E-state index is 10.5. The third-order valence-corrected chi connectivity index (χ3v) is 2.41. The number of hydrogen-bond acceptors (Lipinski definition) is 2. The van der Waals surface area contributed by atoms with Gasteiger partial charge < -0.3 is 5.11 Å². The lowest BCUT2D eigenvalue weighted by atomic mass is 10.2. The normalized spacial score (nSPS) is 14.0. The number of rotatable bonds is 5. The molecule has 3 heteroatoms. The second kappa shape index (κ2) is 5.89. The Labute approximate surface area is 77.4 Å². The Balaban J connectivity index is 4.24. The number of hydrogen-bond donors (Lipinski definition) is 1. The van der Waals surface area contributed by atoms with Crippen LogP contribution in [0.1, 0.15) is 13.3 Å². The average molecular weight is 186 g/mol. The van der Waals surface area contributed by atoms with Gasteiger partial charge in [-0.3, -0.25) is 0 Å². The largest absolute Gasteiger partial charge is 0.478 e. The second-order valence-corrected chi connectivity index (χ2v) is 3.53. The van der Waals surface area contributed by atoms with Gasteiger partial charge >= 0.3 is 5.97 Å². The van der Waals surface area contributed by atoms with Gasteiger partial charge in [0.15, 0.2) is 0 Å². The molecule has 0 fully saturated rings. The molecule has 68 valence electrons. The van der Waals surface area contributed by atoms with Crippen molar-refractivity contribution < 1.29 is 9.90 Å². The van der Waals surface area contributed by atoms with Crippen molar-refractivity contribution in [3.63, 3.8) is 0 Å². The summed E-state index contributed by atoms with van der Waals surface area (Å²) >= 11 is 1.63. The molecule has 0 aliphatic rings. The Hall–Kier alpha value is -0.700. The predicted molar refractivity (Wildman–Crippen MR) is 53.5 cm³/mol. The average Bonchev–Trinajstić information content (AvgIpc) is 2.03. The molecule has 1 unspecified atom stereocenters. The van der Waals surface area contributed by atoms with Gasteiger partial charge in [0.2, 0.25) is 0 Å². The van der Waals surface area contributed by atoms with Gasteiger partial charge in [-0.25, -0.2) is 4.79 Å². The van der Waals surface area contributed by atoms with Gasteiger partial charge in [0.1, 0.15) is 0 Å². The minimum Gasteiger partial charge on any atom is -0.478 e. The van der Waals surface area contributed by atoms with Gasteiger partial charge in [-0.15, -0.1) is 6.58 Å². The van der Waals surface area contributed by atoms with E-state index in [2.05, 4.69) is 6.58 Å². The molecule has 0 amide bonds. The zero-order chi connectivity index (χ0) is 9.56. The minimum atomic E-state index is -0.849. The van der Waals surface area contributed by atoms with Crippen molar-refractivity contribution in [2.45, 2.75) is 18.6 Å². The Kier molecular flexibility index (Phi) is 5.54. The molecule has 0 spiro atoms. The zero-order valence-electron chi connectivity index (χ0n) is 7.41. The highest BCUT2D eigenvalue weighted by Gasteiger charge is 2.05. The SMILES string of the molecule is C=CCC(/C=C(\C)C(=O)O)SC. The molecule has 0 aliphatic carbocycles. The van der Waals surface area contributed by atoms with Crippen molar-refractivity contribution in [1.82, 2.24) is 0 Å². The van der Waals surface area contributed by atoms with Crippen LogP contribution in [0.15, 0.2) is 24.3 Å². The smallest absolute Gasteiger partial charge is 0.330 e. The monoisotopic (exact) mass is 186 g/mol. The van der Waals surface area contributed by atoms with Crippen molar-refractivity contribution >= 4 is 17.7 Å². The van der Waals surface area contributed by atoms with Crippen LogP contribution in [0.2, 0.25) is 0 Å². The summed E-state index contributed by atoms with van der Waals surface area (Å²) in [4.78, 5) is 10.5. The Morgan fingerprint density at radius 3 is 2.67 bits per heavy atom. The topological polar surface area (TPSA) is 37.3 Å². The van der Waals surface area contributed by atoms with Gasteiger partial charge in [0, 0.05) is 10.8 Å². The summed E-state index contributed by atoms with van der Waals surface area (Å²) in [5.41, 5.74) is 0.399. The number of carboxylic acids is 1. The lowest BCUT2D eigenvalue weighted by molar-refractivity contribution is -0.132. The predicted octanol–water partition coefficient (Wildman–Crippen LogP) is 2.33. The molecule has 0 aliphatic heterocycles. The Morgan fingerprint density at radius 2 is 2.33 bits per heavy atom. The molecular formula is C9H14O2S. The van der Waals surface area contributed by atoms with Crippen LogP contribution in [-0.2, 0) is 4.79 Å². The molecule has 0 bridgehead atoms. The third-order valence-electron chi connectivity index (χ3n) is 1.47. The van der Waals surface area contributed by atoms with Crippen LogP contribution in [0, 0.1) is 0 Å². The first kappa shape index (κ1) is 11.3. The first-order chi connectivity index (χ1) is 5.61. The number of thioether (sulfide) groups is 1. The van der Waals surface area contributed by atoms with Crippen molar-refractivity contribution in [2.24, 2.45) is 0 Å². The van der Waals surface area contributed by atoms with Gasteiger partial charge in [-0.2, -0.15) is 11.8 Å². The van der Waals surface area contributed by atoms with E-state index >= 15 is 0 Å². The van der Waals surface area contributed by atoms with E-state index in [9.17, 15) is 4.79 Å². The summed E-state index contributed by atoms with van der Waals surface area (Å²) < 4.78 is 0. The molecule has 12 heavy (non-hydrogen) atoms. The highest BCUT2D eigenvalue weighted by molar-refractivity contribution is 7.99. The molecule has 0 saturated heterocycles. The Morgan fingerprint density at radius 1 is 1.75 bits per heavy atom. The van der Waals surface area contributed by atoms with Gasteiger partial charge in [0.05, 0.1) is 0 Å². The molecule has 1 atom stereocenters. The van der Waals surface area contributed by atoms with E-state index in [0.717, 1.165) is 6.42 Å². The summed E-state index contributed by atoms with van der Waals surface area (Å²) in [5, 5.41) is 8.83. The van der Waals surface area contributed by atoms with Crippen LogP contribution in [0.4, 0.5) is 0 Å². The van der Waals surface area contributed by atoms with E-state index in [4.69, 9.17) is 5.11 Å². The number of carboxylic acid groups (broad SMARTS) is 1. The molecule has 1 N–H and O–H groups in total. The van der Waals surface area contributed by atoms with Crippen LogP contribution in [0.3, 0.4) is 0 Å². The highest BCUT2D eigenvalue weighted by atomic mass is 32.2. The second-order valence-electron chi connectivity index (χ2n) is 2.45. The molecule has 0 rings (SSSR count). The summed E-state index contributed by atoms with van der Waals surface area (Å²) in [5.74, 6) is -0.849. The molecule has 0 heterocycles. The van der Waals surface area contributed by atoms with Crippen LogP contribution in [0.5, 0.6) is 0 Å². The fourth-order valence-electron chi connectivity index (χ4n) is 0.747. The fraction of sp³-hybridized carbons (Fsp3) is 0.444. The van der Waals surface area contributed by atoms with E-state index in [0.29, 0.717) is 5.57 Å². The van der Waals surface area contributed by atoms with E-state index in [1.165, 1.54) is 0 Å². The molecule has 0 aromatic heterocycles. The summed E-state index contributed by atoms with van der Waals surface area (Å²) in [6.07, 6.45) is 6.33. The molecular weight excluding hydrogens is 172 g/mol. The molecule has 0 radical (unpaired) electrons. The number of carbonyl (C=O) groups is 1. The Bertz CT molecular complexity index is 197. The van der Waals surface area contributed by atoms with Crippen molar-refractivity contribution in [1.29, 1.82) is 0 Å². The van der Waals surface area contributed by atoms with Crippen molar-refractivity contribution in [3.8, 4) is 0 Å². The van der Waals surface area contributed by atoms with Crippen molar-refractivity contribution in [3.05, 3.63) is 24.3 Å². The zero-order valence-corrected chi connectivity index (χ0v) is 8.23. The number of aliphatic carboxylic acids is 1. The van der Waals surface area contributed by atoms with Crippen LogP contribution < -0.4 is 0 Å². The first-order valence-corrected chi connectivity index (χ1v) is 4.96. The van der Waals surface area contributed by atoms with Gasteiger partial charge in [-0.1, -0.05) is 12.2 Å². The summed E-state index contributed by atoms with van der Waals surface area (Å²) in [7, 11) is 0. The van der Waals surface area contributed by atoms with Crippen LogP contribution in [-0.4, -0.2) is 22.6 Å². The maximum atomic E-state index is 10.5. The summed E-state index contributed by atoms with van der Waals surface area (Å²) in [6.45, 7) is 5.22. The van der Waals surface area contributed by atoms with E-state index in [1.807, 2.05) is 6.26 Å². The van der Waals surface area contributed by atoms with Crippen molar-refractivity contribution in [2.75, 3.05) is 6.26 Å². The van der Waals surface area contributed by atoms with E-state index < -0.39 is 5.97 Å². The minimum absolute atomic E-state index is 0.235. The fourth-order valence-corrected chi connectivity index (χ4v) is 1.42.